The van der Waals surface area contributed by atoms with Crippen molar-refractivity contribution in [1.82, 2.24) is 5.32 Å². The SMILES string of the molecule is Cc1ccc(CC2(O)CC3CCC(C2)N3)cc1F. The summed E-state index contributed by atoms with van der Waals surface area (Å²) in [4.78, 5) is 0. The Morgan fingerprint density at radius 1 is 1.33 bits per heavy atom. The van der Waals surface area contributed by atoms with Crippen molar-refractivity contribution in [1.29, 1.82) is 0 Å². The van der Waals surface area contributed by atoms with E-state index in [1.807, 2.05) is 6.07 Å². The van der Waals surface area contributed by atoms with Crippen LogP contribution in [-0.2, 0) is 6.42 Å². The monoisotopic (exact) mass is 249 g/mol. The molecule has 0 radical (unpaired) electrons. The van der Waals surface area contributed by atoms with Gasteiger partial charge in [-0.2, -0.15) is 0 Å². The number of hydrogen-bond acceptors (Lipinski definition) is 2. The lowest BCUT2D eigenvalue weighted by Gasteiger charge is -2.37. The standard InChI is InChI=1S/C15H20FNO/c1-10-2-3-11(6-14(10)16)7-15(18)8-12-4-5-13(9-15)17-12/h2-3,6,12-13,17-18H,4-5,7-9H2,1H3. The van der Waals surface area contributed by atoms with Crippen LogP contribution in [0.1, 0.15) is 36.8 Å². The Labute approximate surface area is 107 Å². The van der Waals surface area contributed by atoms with Crippen LogP contribution >= 0.6 is 0 Å². The number of aliphatic hydroxyl groups is 1. The summed E-state index contributed by atoms with van der Waals surface area (Å²) in [6, 6.07) is 6.19. The van der Waals surface area contributed by atoms with E-state index in [0.29, 0.717) is 24.1 Å². The van der Waals surface area contributed by atoms with Crippen molar-refractivity contribution in [2.24, 2.45) is 0 Å². The van der Waals surface area contributed by atoms with Crippen molar-refractivity contribution in [2.45, 2.75) is 56.7 Å². The molecule has 1 aromatic carbocycles. The molecule has 2 bridgehead atoms. The molecular weight excluding hydrogens is 229 g/mol. The third kappa shape index (κ3) is 2.29. The molecule has 2 heterocycles. The average Bonchev–Trinajstić information content (AvgIpc) is 2.64. The van der Waals surface area contributed by atoms with Crippen LogP contribution in [0.4, 0.5) is 4.39 Å². The van der Waals surface area contributed by atoms with E-state index in [-0.39, 0.29) is 5.82 Å². The average molecular weight is 249 g/mol. The predicted octanol–water partition coefficient (Wildman–Crippen LogP) is 2.32. The minimum Gasteiger partial charge on any atom is -0.389 e. The van der Waals surface area contributed by atoms with Gasteiger partial charge in [-0.1, -0.05) is 12.1 Å². The fraction of sp³-hybridized carbons (Fsp3) is 0.600. The summed E-state index contributed by atoms with van der Waals surface area (Å²) in [5.41, 5.74) is 0.914. The smallest absolute Gasteiger partial charge is 0.126 e. The number of benzene rings is 1. The second-order valence-corrected chi connectivity index (χ2v) is 6.03. The molecule has 3 heteroatoms. The number of piperidine rings is 1. The van der Waals surface area contributed by atoms with Gasteiger partial charge in [0.05, 0.1) is 5.60 Å². The minimum absolute atomic E-state index is 0.173. The first kappa shape index (κ1) is 12.1. The van der Waals surface area contributed by atoms with E-state index in [2.05, 4.69) is 5.32 Å². The highest BCUT2D eigenvalue weighted by Gasteiger charge is 2.42. The van der Waals surface area contributed by atoms with Crippen LogP contribution < -0.4 is 5.32 Å². The predicted molar refractivity (Wildman–Crippen MR) is 69.0 cm³/mol. The van der Waals surface area contributed by atoms with Crippen LogP contribution in [0, 0.1) is 12.7 Å². The molecular formula is C15H20FNO. The first-order valence-corrected chi connectivity index (χ1v) is 6.78. The van der Waals surface area contributed by atoms with Crippen molar-refractivity contribution in [3.05, 3.63) is 35.1 Å². The van der Waals surface area contributed by atoms with Crippen molar-refractivity contribution in [3.63, 3.8) is 0 Å². The zero-order chi connectivity index (χ0) is 12.8. The van der Waals surface area contributed by atoms with Gasteiger partial charge in [-0.25, -0.2) is 4.39 Å². The van der Waals surface area contributed by atoms with Gasteiger partial charge in [0, 0.05) is 18.5 Å². The van der Waals surface area contributed by atoms with Crippen molar-refractivity contribution in [3.8, 4) is 0 Å². The van der Waals surface area contributed by atoms with Gasteiger partial charge in [0.25, 0.3) is 0 Å². The Balaban J connectivity index is 1.77. The number of fused-ring (bicyclic) bond motifs is 2. The lowest BCUT2D eigenvalue weighted by molar-refractivity contribution is -0.00612. The third-order valence-corrected chi connectivity index (χ3v) is 4.36. The Bertz CT molecular complexity index is 448. The maximum Gasteiger partial charge on any atom is 0.126 e. The van der Waals surface area contributed by atoms with Crippen LogP contribution in [0.25, 0.3) is 0 Å². The highest BCUT2D eigenvalue weighted by atomic mass is 19.1. The molecule has 2 fully saturated rings. The molecule has 2 unspecified atom stereocenters. The molecule has 1 aromatic rings. The summed E-state index contributed by atoms with van der Waals surface area (Å²) in [6.45, 7) is 1.76. The lowest BCUT2D eigenvalue weighted by Crippen LogP contribution is -2.49. The van der Waals surface area contributed by atoms with E-state index >= 15 is 0 Å². The highest BCUT2D eigenvalue weighted by molar-refractivity contribution is 5.25. The fourth-order valence-corrected chi connectivity index (χ4v) is 3.50. The van der Waals surface area contributed by atoms with E-state index in [4.69, 9.17) is 0 Å². The summed E-state index contributed by atoms with van der Waals surface area (Å²) < 4.78 is 13.5. The van der Waals surface area contributed by atoms with Crippen molar-refractivity contribution < 1.29 is 9.50 Å². The molecule has 0 spiro atoms. The first-order chi connectivity index (χ1) is 8.54. The third-order valence-electron chi connectivity index (χ3n) is 4.36. The Morgan fingerprint density at radius 3 is 2.61 bits per heavy atom. The summed E-state index contributed by atoms with van der Waals surface area (Å²) in [5.74, 6) is -0.173. The number of hydrogen-bond donors (Lipinski definition) is 2. The summed E-state index contributed by atoms with van der Waals surface area (Å²) in [6.07, 6.45) is 4.47. The summed E-state index contributed by atoms with van der Waals surface area (Å²) >= 11 is 0. The number of aryl methyl sites for hydroxylation is 1. The van der Waals surface area contributed by atoms with Gasteiger partial charge in [-0.05, 0) is 49.8 Å². The zero-order valence-corrected chi connectivity index (χ0v) is 10.7. The van der Waals surface area contributed by atoms with Gasteiger partial charge in [-0.15, -0.1) is 0 Å². The molecule has 18 heavy (non-hydrogen) atoms. The van der Waals surface area contributed by atoms with Crippen LogP contribution in [-0.4, -0.2) is 22.8 Å². The van der Waals surface area contributed by atoms with Gasteiger partial charge < -0.3 is 10.4 Å². The Hall–Kier alpha value is -0.930. The van der Waals surface area contributed by atoms with E-state index in [0.717, 1.165) is 31.2 Å². The molecule has 2 atom stereocenters. The molecule has 2 nitrogen and oxygen atoms in total. The molecule has 2 N–H and O–H groups in total. The number of rotatable bonds is 2. The lowest BCUT2D eigenvalue weighted by atomic mass is 9.82. The molecule has 0 saturated carbocycles. The summed E-state index contributed by atoms with van der Waals surface area (Å²) in [7, 11) is 0. The molecule has 2 saturated heterocycles. The summed E-state index contributed by atoms with van der Waals surface area (Å²) in [5, 5.41) is 14.2. The molecule has 3 rings (SSSR count). The van der Waals surface area contributed by atoms with Crippen molar-refractivity contribution in [2.75, 3.05) is 0 Å². The Morgan fingerprint density at radius 2 is 2.00 bits per heavy atom. The number of halogens is 1. The van der Waals surface area contributed by atoms with Gasteiger partial charge in [0.1, 0.15) is 5.82 Å². The second kappa shape index (κ2) is 4.32. The van der Waals surface area contributed by atoms with Gasteiger partial charge in [-0.3, -0.25) is 0 Å². The number of nitrogens with one attached hydrogen (secondary N) is 1. The largest absolute Gasteiger partial charge is 0.389 e. The molecule has 0 aliphatic carbocycles. The topological polar surface area (TPSA) is 32.3 Å². The van der Waals surface area contributed by atoms with Crippen LogP contribution in [0.2, 0.25) is 0 Å². The second-order valence-electron chi connectivity index (χ2n) is 6.03. The molecule has 0 amide bonds. The molecule has 98 valence electrons. The van der Waals surface area contributed by atoms with E-state index in [1.54, 1.807) is 19.1 Å². The zero-order valence-electron chi connectivity index (χ0n) is 10.7. The van der Waals surface area contributed by atoms with Crippen molar-refractivity contribution >= 4 is 0 Å². The van der Waals surface area contributed by atoms with E-state index < -0.39 is 5.60 Å². The van der Waals surface area contributed by atoms with Gasteiger partial charge in [0.15, 0.2) is 0 Å². The fourth-order valence-electron chi connectivity index (χ4n) is 3.50. The van der Waals surface area contributed by atoms with Gasteiger partial charge >= 0.3 is 0 Å². The molecule has 2 aliphatic heterocycles. The maximum absolute atomic E-state index is 13.5. The van der Waals surface area contributed by atoms with Crippen LogP contribution in [0.3, 0.4) is 0 Å². The van der Waals surface area contributed by atoms with E-state index in [9.17, 15) is 9.50 Å². The maximum atomic E-state index is 13.5. The molecule has 2 aliphatic rings. The molecule has 0 aromatic heterocycles. The Kier molecular flexibility index (Phi) is 2.91. The minimum atomic E-state index is -0.654. The quantitative estimate of drug-likeness (QED) is 0.843. The van der Waals surface area contributed by atoms with Gasteiger partial charge in [0.2, 0.25) is 0 Å². The highest BCUT2D eigenvalue weighted by Crippen LogP contribution is 2.36. The van der Waals surface area contributed by atoms with Crippen LogP contribution in [0.15, 0.2) is 18.2 Å². The van der Waals surface area contributed by atoms with Crippen LogP contribution in [0.5, 0.6) is 0 Å². The van der Waals surface area contributed by atoms with E-state index in [1.165, 1.54) is 0 Å². The normalized spacial score (nSPS) is 34.8. The first-order valence-electron chi connectivity index (χ1n) is 6.78.